The van der Waals surface area contributed by atoms with Gasteiger partial charge in [-0.05, 0) is 36.1 Å². The number of benzene rings is 1. The van der Waals surface area contributed by atoms with Crippen molar-refractivity contribution in [3.05, 3.63) is 59.3 Å². The molecule has 6 nitrogen and oxygen atoms in total. The van der Waals surface area contributed by atoms with Crippen molar-refractivity contribution in [2.45, 2.75) is 26.1 Å². The zero-order valence-corrected chi connectivity index (χ0v) is 15.1. The van der Waals surface area contributed by atoms with Crippen LogP contribution in [0, 0.1) is 0 Å². The summed E-state index contributed by atoms with van der Waals surface area (Å²) < 4.78 is 34.0. The summed E-state index contributed by atoms with van der Waals surface area (Å²) in [5.41, 5.74) is 1.36. The molecule has 142 valence electrons. The Morgan fingerprint density at radius 1 is 1.30 bits per heavy atom. The average molecular weight is 393 g/mol. The molecule has 2 aromatic heterocycles. The molecule has 0 aliphatic rings. The van der Waals surface area contributed by atoms with E-state index in [1.54, 1.807) is 19.1 Å². The van der Waals surface area contributed by atoms with Gasteiger partial charge in [0, 0.05) is 0 Å². The molecule has 2 N–H and O–H groups in total. The second-order valence-electron chi connectivity index (χ2n) is 5.62. The molecule has 0 radical (unpaired) electrons. The fourth-order valence-electron chi connectivity index (χ4n) is 2.34. The average Bonchev–Trinajstić information content (AvgIpc) is 3.31. The van der Waals surface area contributed by atoms with Crippen LogP contribution in [0.3, 0.4) is 0 Å². The summed E-state index contributed by atoms with van der Waals surface area (Å²) >= 11 is 1.52. The van der Waals surface area contributed by atoms with E-state index < -0.39 is 6.61 Å². The molecule has 2 amide bonds. The SMILES string of the molecule is CC(NC(=O)NCc1coc(-c2cccs2)n1)c1ccc(OC(F)F)cc1. The molecule has 1 atom stereocenters. The molecule has 0 saturated heterocycles. The highest BCUT2D eigenvalue weighted by Gasteiger charge is 2.12. The van der Waals surface area contributed by atoms with Gasteiger partial charge < -0.3 is 19.8 Å². The van der Waals surface area contributed by atoms with E-state index in [0.29, 0.717) is 11.6 Å². The molecular formula is C18H17F2N3O3S. The third-order valence-corrected chi connectivity index (χ3v) is 4.52. The number of nitrogens with zero attached hydrogens (tertiary/aromatic N) is 1. The number of hydrogen-bond donors (Lipinski definition) is 2. The molecule has 3 aromatic rings. The predicted molar refractivity (Wildman–Crippen MR) is 96.7 cm³/mol. The summed E-state index contributed by atoms with van der Waals surface area (Å²) in [6.07, 6.45) is 1.50. The Morgan fingerprint density at radius 3 is 2.74 bits per heavy atom. The Balaban J connectivity index is 1.48. The van der Waals surface area contributed by atoms with E-state index in [9.17, 15) is 13.6 Å². The number of rotatable bonds is 7. The molecule has 27 heavy (non-hydrogen) atoms. The number of nitrogens with one attached hydrogen (secondary N) is 2. The second-order valence-corrected chi connectivity index (χ2v) is 6.57. The third kappa shape index (κ3) is 5.27. The number of aromatic nitrogens is 1. The monoisotopic (exact) mass is 393 g/mol. The van der Waals surface area contributed by atoms with Crippen molar-refractivity contribution < 1.29 is 22.7 Å². The van der Waals surface area contributed by atoms with Crippen LogP contribution in [0.4, 0.5) is 13.6 Å². The van der Waals surface area contributed by atoms with Crippen LogP contribution in [0.1, 0.15) is 24.2 Å². The van der Waals surface area contributed by atoms with E-state index >= 15 is 0 Å². The lowest BCUT2D eigenvalue weighted by Crippen LogP contribution is -2.36. The van der Waals surface area contributed by atoms with Crippen LogP contribution in [0.5, 0.6) is 5.75 Å². The number of carbonyl (C=O) groups is 1. The van der Waals surface area contributed by atoms with Gasteiger partial charge in [0.1, 0.15) is 12.0 Å². The minimum atomic E-state index is -2.87. The van der Waals surface area contributed by atoms with Crippen molar-refractivity contribution in [1.29, 1.82) is 0 Å². The van der Waals surface area contributed by atoms with Gasteiger partial charge in [-0.3, -0.25) is 0 Å². The van der Waals surface area contributed by atoms with Crippen LogP contribution in [0.2, 0.25) is 0 Å². The summed E-state index contributed by atoms with van der Waals surface area (Å²) in [5.74, 6) is 0.583. The topological polar surface area (TPSA) is 76.4 Å². The second kappa shape index (κ2) is 8.63. The molecule has 9 heteroatoms. The first kappa shape index (κ1) is 18.8. The first-order chi connectivity index (χ1) is 13.0. The van der Waals surface area contributed by atoms with E-state index in [2.05, 4.69) is 20.4 Å². The normalized spacial score (nSPS) is 12.0. The molecule has 1 aromatic carbocycles. The minimum Gasteiger partial charge on any atom is -0.443 e. The van der Waals surface area contributed by atoms with E-state index in [1.807, 2.05) is 17.5 Å². The largest absolute Gasteiger partial charge is 0.443 e. The summed E-state index contributed by atoms with van der Waals surface area (Å²) in [7, 11) is 0. The fraction of sp³-hybridized carbons (Fsp3) is 0.222. The Morgan fingerprint density at radius 2 is 2.07 bits per heavy atom. The van der Waals surface area contributed by atoms with Gasteiger partial charge in [0.2, 0.25) is 5.89 Å². The van der Waals surface area contributed by atoms with E-state index in [0.717, 1.165) is 10.4 Å². The number of oxazole rings is 1. The van der Waals surface area contributed by atoms with Crippen molar-refractivity contribution in [2.24, 2.45) is 0 Å². The highest BCUT2D eigenvalue weighted by atomic mass is 32.1. The standard InChI is InChI=1S/C18H17F2N3O3S/c1-11(12-4-6-14(7-5-12)26-17(19)20)22-18(24)21-9-13-10-25-16(23-13)15-3-2-8-27-15/h2-8,10-11,17H,9H2,1H3,(H2,21,22,24). The maximum absolute atomic E-state index is 12.2. The van der Waals surface area contributed by atoms with Crippen LogP contribution in [-0.4, -0.2) is 17.6 Å². The minimum absolute atomic E-state index is 0.0676. The summed E-state index contributed by atoms with van der Waals surface area (Å²) in [5, 5.41) is 7.40. The maximum Gasteiger partial charge on any atom is 0.387 e. The predicted octanol–water partition coefficient (Wildman–Crippen LogP) is 4.56. The number of alkyl halides is 2. The lowest BCUT2D eigenvalue weighted by molar-refractivity contribution is -0.0498. The van der Waals surface area contributed by atoms with Gasteiger partial charge in [0.25, 0.3) is 0 Å². The van der Waals surface area contributed by atoms with E-state index in [4.69, 9.17) is 4.42 Å². The molecule has 0 spiro atoms. The molecule has 0 saturated carbocycles. The fourth-order valence-corrected chi connectivity index (χ4v) is 3.00. The van der Waals surface area contributed by atoms with Gasteiger partial charge in [-0.15, -0.1) is 11.3 Å². The van der Waals surface area contributed by atoms with Crippen molar-refractivity contribution in [3.8, 4) is 16.5 Å². The molecule has 0 aliphatic heterocycles. The first-order valence-electron chi connectivity index (χ1n) is 8.08. The maximum atomic E-state index is 12.2. The van der Waals surface area contributed by atoms with Gasteiger partial charge in [0.15, 0.2) is 0 Å². The number of carbonyl (C=O) groups excluding carboxylic acids is 1. The van der Waals surface area contributed by atoms with E-state index in [1.165, 1.54) is 29.7 Å². The smallest absolute Gasteiger partial charge is 0.387 e. The summed E-state index contributed by atoms with van der Waals surface area (Å²) in [6.45, 7) is -0.864. The number of thiophene rings is 1. The Hall–Kier alpha value is -2.94. The van der Waals surface area contributed by atoms with Crippen molar-refractivity contribution in [2.75, 3.05) is 0 Å². The number of ether oxygens (including phenoxy) is 1. The van der Waals surface area contributed by atoms with E-state index in [-0.39, 0.29) is 24.4 Å². The quantitative estimate of drug-likeness (QED) is 0.617. The van der Waals surface area contributed by atoms with Gasteiger partial charge in [-0.25, -0.2) is 9.78 Å². The van der Waals surface area contributed by atoms with Crippen LogP contribution in [0.25, 0.3) is 10.8 Å². The number of amides is 2. The van der Waals surface area contributed by atoms with Gasteiger partial charge >= 0.3 is 12.6 Å². The summed E-state index contributed by atoms with van der Waals surface area (Å²) in [4.78, 5) is 17.3. The molecular weight excluding hydrogens is 376 g/mol. The zero-order chi connectivity index (χ0) is 19.2. The Bertz CT molecular complexity index is 866. The van der Waals surface area contributed by atoms with Crippen molar-refractivity contribution in [1.82, 2.24) is 15.6 Å². The molecule has 0 fully saturated rings. The van der Waals surface area contributed by atoms with Gasteiger partial charge in [-0.2, -0.15) is 8.78 Å². The first-order valence-corrected chi connectivity index (χ1v) is 8.96. The molecule has 0 bridgehead atoms. The molecule has 3 rings (SSSR count). The highest BCUT2D eigenvalue weighted by Crippen LogP contribution is 2.23. The lowest BCUT2D eigenvalue weighted by atomic mass is 10.1. The molecule has 0 aliphatic carbocycles. The van der Waals surface area contributed by atoms with Gasteiger partial charge in [-0.1, -0.05) is 18.2 Å². The van der Waals surface area contributed by atoms with Crippen molar-refractivity contribution >= 4 is 17.4 Å². The number of urea groups is 1. The van der Waals surface area contributed by atoms with Crippen LogP contribution >= 0.6 is 11.3 Å². The molecule has 2 heterocycles. The van der Waals surface area contributed by atoms with Crippen LogP contribution < -0.4 is 15.4 Å². The lowest BCUT2D eigenvalue weighted by Gasteiger charge is -2.15. The molecule has 1 unspecified atom stereocenters. The summed E-state index contributed by atoms with van der Waals surface area (Å²) in [6, 6.07) is 9.21. The van der Waals surface area contributed by atoms with Crippen LogP contribution in [0.15, 0.2) is 52.5 Å². The van der Waals surface area contributed by atoms with Gasteiger partial charge in [0.05, 0.1) is 23.2 Å². The third-order valence-electron chi connectivity index (χ3n) is 3.67. The Kier molecular flexibility index (Phi) is 6.02. The zero-order valence-electron chi connectivity index (χ0n) is 14.3. The van der Waals surface area contributed by atoms with Crippen molar-refractivity contribution in [3.63, 3.8) is 0 Å². The number of halogens is 2. The Labute approximate surface area is 158 Å². The number of hydrogen-bond acceptors (Lipinski definition) is 5. The highest BCUT2D eigenvalue weighted by molar-refractivity contribution is 7.13. The van der Waals surface area contributed by atoms with Crippen LogP contribution in [-0.2, 0) is 6.54 Å².